The van der Waals surface area contributed by atoms with Gasteiger partial charge in [-0.1, -0.05) is 37.6 Å². The quantitative estimate of drug-likeness (QED) is 0.899. The molecular weight excluding hydrogens is 291 g/mol. The minimum Gasteiger partial charge on any atom is -0.492 e. The Bertz CT molecular complexity index is 697. The van der Waals surface area contributed by atoms with Crippen LogP contribution in [-0.4, -0.2) is 11.7 Å². The number of hydrogen-bond acceptors (Lipinski definition) is 2. The number of fused-ring (bicyclic) bond motifs is 1. The minimum absolute atomic E-state index is 0.0504. The molecule has 0 radical (unpaired) electrons. The average Bonchev–Trinajstić information content (AvgIpc) is 2.76. The van der Waals surface area contributed by atoms with Gasteiger partial charge in [0.25, 0.3) is 0 Å². The van der Waals surface area contributed by atoms with Crippen LogP contribution < -0.4 is 4.74 Å². The fourth-order valence-electron chi connectivity index (χ4n) is 2.58. The smallest absolute Gasteiger partial charge is 0.142 e. The van der Waals surface area contributed by atoms with E-state index in [2.05, 4.69) is 13.8 Å². The number of ether oxygens (including phenoxy) is 1. The lowest BCUT2D eigenvalue weighted by molar-refractivity contribution is 0.219. The Labute approximate surface area is 128 Å². The highest BCUT2D eigenvalue weighted by atomic mass is 35.5. The fraction of sp³-hybridized carbons (Fsp3) is 0.294. The number of rotatable bonds is 2. The van der Waals surface area contributed by atoms with Gasteiger partial charge >= 0.3 is 0 Å². The van der Waals surface area contributed by atoms with E-state index in [1.165, 1.54) is 12.1 Å². The number of benzene rings is 2. The summed E-state index contributed by atoms with van der Waals surface area (Å²) >= 11 is 5.67. The summed E-state index contributed by atoms with van der Waals surface area (Å²) in [6.07, 6.45) is -0.890. The van der Waals surface area contributed by atoms with Crippen LogP contribution in [0.2, 0.25) is 5.02 Å². The molecule has 0 spiro atoms. The standard InChI is InChI=1S/C17H16ClFO2/c1-17(2)9-21-15-6-4-10(7-12(15)17)16(20)11-3-5-13(18)14(19)8-11/h3-8,16,20H,9H2,1-2H3. The van der Waals surface area contributed by atoms with Gasteiger partial charge in [-0.3, -0.25) is 0 Å². The predicted octanol–water partition coefficient (Wildman–Crippen LogP) is 4.23. The Morgan fingerprint density at radius 1 is 1.19 bits per heavy atom. The Hall–Kier alpha value is -1.58. The highest BCUT2D eigenvalue weighted by molar-refractivity contribution is 6.30. The Morgan fingerprint density at radius 2 is 1.86 bits per heavy atom. The maximum Gasteiger partial charge on any atom is 0.142 e. The van der Waals surface area contributed by atoms with Crippen molar-refractivity contribution in [1.29, 1.82) is 0 Å². The molecule has 0 saturated carbocycles. The molecule has 4 heteroatoms. The molecule has 2 aromatic carbocycles. The van der Waals surface area contributed by atoms with Gasteiger partial charge in [-0.15, -0.1) is 0 Å². The molecule has 1 aliphatic rings. The summed E-state index contributed by atoms with van der Waals surface area (Å²) in [7, 11) is 0. The first-order valence-corrected chi connectivity index (χ1v) is 7.16. The van der Waals surface area contributed by atoms with Crippen LogP contribution in [0.4, 0.5) is 4.39 Å². The zero-order valence-electron chi connectivity index (χ0n) is 11.9. The summed E-state index contributed by atoms with van der Waals surface area (Å²) < 4.78 is 19.2. The second-order valence-corrected chi connectivity index (χ2v) is 6.41. The van der Waals surface area contributed by atoms with E-state index in [0.717, 1.165) is 11.3 Å². The third-order valence-corrected chi connectivity index (χ3v) is 4.20. The largest absolute Gasteiger partial charge is 0.492 e. The van der Waals surface area contributed by atoms with E-state index in [4.69, 9.17) is 16.3 Å². The van der Waals surface area contributed by atoms with Crippen molar-refractivity contribution in [3.63, 3.8) is 0 Å². The SMILES string of the molecule is CC1(C)COc2ccc(C(O)c3ccc(Cl)c(F)c3)cc21. The average molecular weight is 307 g/mol. The van der Waals surface area contributed by atoms with E-state index in [9.17, 15) is 9.50 Å². The molecular formula is C17H16ClFO2. The lowest BCUT2D eigenvalue weighted by Crippen LogP contribution is -2.18. The molecule has 1 atom stereocenters. The Balaban J connectivity index is 1.99. The van der Waals surface area contributed by atoms with Gasteiger partial charge in [0.15, 0.2) is 0 Å². The van der Waals surface area contributed by atoms with Crippen molar-refractivity contribution in [2.75, 3.05) is 6.61 Å². The van der Waals surface area contributed by atoms with Gasteiger partial charge in [0.05, 0.1) is 11.6 Å². The molecule has 0 aromatic heterocycles. The summed E-state index contributed by atoms with van der Waals surface area (Å²) in [6.45, 7) is 4.81. The first kappa shape index (κ1) is 14.4. The van der Waals surface area contributed by atoms with E-state index in [0.29, 0.717) is 17.7 Å². The van der Waals surface area contributed by atoms with Crippen LogP contribution in [0.15, 0.2) is 36.4 Å². The van der Waals surface area contributed by atoms with Crippen molar-refractivity contribution in [2.24, 2.45) is 0 Å². The van der Waals surface area contributed by atoms with Gasteiger partial charge < -0.3 is 9.84 Å². The molecule has 0 amide bonds. The van der Waals surface area contributed by atoms with Crippen LogP contribution in [-0.2, 0) is 5.41 Å². The van der Waals surface area contributed by atoms with E-state index >= 15 is 0 Å². The van der Waals surface area contributed by atoms with Crippen LogP contribution >= 0.6 is 11.6 Å². The molecule has 21 heavy (non-hydrogen) atoms. The lowest BCUT2D eigenvalue weighted by atomic mass is 9.85. The fourth-order valence-corrected chi connectivity index (χ4v) is 2.70. The summed E-state index contributed by atoms with van der Waals surface area (Å²) in [5.41, 5.74) is 2.17. The predicted molar refractivity (Wildman–Crippen MR) is 80.4 cm³/mol. The number of halogens is 2. The lowest BCUT2D eigenvalue weighted by Gasteiger charge is -2.18. The van der Waals surface area contributed by atoms with Gasteiger partial charge in [-0.05, 0) is 35.4 Å². The van der Waals surface area contributed by atoms with Crippen LogP contribution in [0.1, 0.15) is 36.6 Å². The van der Waals surface area contributed by atoms with E-state index in [1.54, 1.807) is 12.1 Å². The second-order valence-electron chi connectivity index (χ2n) is 6.00. The molecule has 0 saturated heterocycles. The van der Waals surface area contributed by atoms with E-state index < -0.39 is 11.9 Å². The molecule has 1 N–H and O–H groups in total. The van der Waals surface area contributed by atoms with E-state index in [1.807, 2.05) is 12.1 Å². The molecule has 0 bridgehead atoms. The topological polar surface area (TPSA) is 29.5 Å². The first-order chi connectivity index (χ1) is 9.88. The van der Waals surface area contributed by atoms with Crippen molar-refractivity contribution in [3.8, 4) is 5.75 Å². The van der Waals surface area contributed by atoms with Crippen molar-refractivity contribution >= 4 is 11.6 Å². The molecule has 2 aromatic rings. The van der Waals surface area contributed by atoms with Crippen molar-refractivity contribution < 1.29 is 14.2 Å². The van der Waals surface area contributed by atoms with Crippen molar-refractivity contribution in [2.45, 2.75) is 25.4 Å². The first-order valence-electron chi connectivity index (χ1n) is 6.79. The molecule has 1 heterocycles. The zero-order valence-corrected chi connectivity index (χ0v) is 12.6. The van der Waals surface area contributed by atoms with Crippen LogP contribution in [0.3, 0.4) is 0 Å². The number of aliphatic hydroxyl groups is 1. The second kappa shape index (κ2) is 5.00. The molecule has 1 unspecified atom stereocenters. The van der Waals surface area contributed by atoms with Crippen molar-refractivity contribution in [1.82, 2.24) is 0 Å². The van der Waals surface area contributed by atoms with Gasteiger partial charge in [-0.2, -0.15) is 0 Å². The van der Waals surface area contributed by atoms with Gasteiger partial charge in [0.1, 0.15) is 17.7 Å². The highest BCUT2D eigenvalue weighted by Crippen LogP contribution is 2.40. The van der Waals surface area contributed by atoms with Crippen LogP contribution in [0.5, 0.6) is 5.75 Å². The molecule has 0 fully saturated rings. The maximum atomic E-state index is 13.5. The van der Waals surface area contributed by atoms with Gasteiger partial charge in [0.2, 0.25) is 0 Å². The summed E-state index contributed by atoms with van der Waals surface area (Å²) in [4.78, 5) is 0. The molecule has 0 aliphatic carbocycles. The number of hydrogen-bond donors (Lipinski definition) is 1. The normalized spacial score (nSPS) is 17.2. The maximum absolute atomic E-state index is 13.5. The summed E-state index contributed by atoms with van der Waals surface area (Å²) in [5, 5.41) is 10.5. The van der Waals surface area contributed by atoms with Gasteiger partial charge in [0, 0.05) is 11.0 Å². The monoisotopic (exact) mass is 306 g/mol. The zero-order chi connectivity index (χ0) is 15.2. The summed E-state index contributed by atoms with van der Waals surface area (Å²) in [5.74, 6) is 0.316. The van der Waals surface area contributed by atoms with E-state index in [-0.39, 0.29) is 10.4 Å². The third kappa shape index (κ3) is 2.52. The number of aliphatic hydroxyl groups excluding tert-OH is 1. The van der Waals surface area contributed by atoms with Gasteiger partial charge in [-0.25, -0.2) is 4.39 Å². The highest BCUT2D eigenvalue weighted by Gasteiger charge is 2.32. The van der Waals surface area contributed by atoms with Crippen LogP contribution in [0, 0.1) is 5.82 Å². The van der Waals surface area contributed by atoms with Crippen LogP contribution in [0.25, 0.3) is 0 Å². The van der Waals surface area contributed by atoms with Crippen molar-refractivity contribution in [3.05, 3.63) is 63.9 Å². The molecule has 1 aliphatic heterocycles. The third-order valence-electron chi connectivity index (χ3n) is 3.90. The molecule has 3 rings (SSSR count). The minimum atomic E-state index is -0.890. The Kier molecular flexibility index (Phi) is 3.42. The molecule has 2 nitrogen and oxygen atoms in total. The summed E-state index contributed by atoms with van der Waals surface area (Å²) in [6, 6.07) is 9.94. The Morgan fingerprint density at radius 3 is 2.57 bits per heavy atom. The molecule has 110 valence electrons.